The van der Waals surface area contributed by atoms with Crippen LogP contribution in [0.4, 0.5) is 5.82 Å². The van der Waals surface area contributed by atoms with Gasteiger partial charge in [0.2, 0.25) is 0 Å². The van der Waals surface area contributed by atoms with Crippen molar-refractivity contribution in [1.29, 1.82) is 5.26 Å². The van der Waals surface area contributed by atoms with Gasteiger partial charge in [0, 0.05) is 18.7 Å². The summed E-state index contributed by atoms with van der Waals surface area (Å²) < 4.78 is 0. The third-order valence-electron chi connectivity index (χ3n) is 4.84. The fraction of sp³-hybridized carbons (Fsp3) is 0.476. The summed E-state index contributed by atoms with van der Waals surface area (Å²) in [4.78, 5) is 11.6. The van der Waals surface area contributed by atoms with Crippen molar-refractivity contribution < 1.29 is 0 Å². The zero-order chi connectivity index (χ0) is 18.7. The molecule has 5 heteroatoms. The van der Waals surface area contributed by atoms with Gasteiger partial charge < -0.3 is 4.90 Å². The molecule has 1 aromatic carbocycles. The number of hydrogen-bond acceptors (Lipinski definition) is 5. The van der Waals surface area contributed by atoms with Crippen molar-refractivity contribution in [3.63, 3.8) is 0 Å². The smallest absolute Gasteiger partial charge is 0.189 e. The van der Waals surface area contributed by atoms with E-state index in [1.54, 1.807) is 0 Å². The summed E-state index contributed by atoms with van der Waals surface area (Å²) in [7, 11) is 0. The molecule has 0 unspecified atom stereocenters. The van der Waals surface area contributed by atoms with Gasteiger partial charge in [-0.2, -0.15) is 5.26 Å². The monoisotopic (exact) mass is 366 g/mol. The summed E-state index contributed by atoms with van der Waals surface area (Å²) in [5.74, 6) is 0.793. The number of thioether (sulfide) groups is 1. The molecule has 2 aromatic rings. The number of benzene rings is 1. The van der Waals surface area contributed by atoms with Gasteiger partial charge in [0.1, 0.15) is 11.6 Å². The summed E-state index contributed by atoms with van der Waals surface area (Å²) in [6.07, 6.45) is 5.53. The maximum Gasteiger partial charge on any atom is 0.189 e. The van der Waals surface area contributed by atoms with Crippen LogP contribution >= 0.6 is 11.8 Å². The Kier molecular flexibility index (Phi) is 5.52. The van der Waals surface area contributed by atoms with Crippen molar-refractivity contribution in [2.45, 2.75) is 50.6 Å². The maximum atomic E-state index is 9.88. The molecule has 0 spiro atoms. The second-order valence-corrected chi connectivity index (χ2v) is 8.52. The zero-order valence-electron chi connectivity index (χ0n) is 16.0. The Morgan fingerprint density at radius 2 is 1.69 bits per heavy atom. The fourth-order valence-electron chi connectivity index (χ4n) is 3.29. The van der Waals surface area contributed by atoms with Gasteiger partial charge in [0.25, 0.3) is 0 Å². The molecule has 1 aliphatic heterocycles. The Labute approximate surface area is 160 Å². The number of nitrogens with zero attached hydrogens (tertiary/aromatic N) is 4. The molecule has 3 rings (SSSR count). The first-order chi connectivity index (χ1) is 12.4. The number of anilines is 1. The molecule has 0 atom stereocenters. The molecular weight excluding hydrogens is 340 g/mol. The van der Waals surface area contributed by atoms with Crippen molar-refractivity contribution in [3.8, 4) is 17.3 Å². The molecule has 0 radical (unpaired) electrons. The van der Waals surface area contributed by atoms with Gasteiger partial charge in [-0.15, -0.1) is 0 Å². The zero-order valence-corrected chi connectivity index (χ0v) is 16.9. The third-order valence-corrected chi connectivity index (χ3v) is 5.39. The Morgan fingerprint density at radius 3 is 2.23 bits per heavy atom. The largest absolute Gasteiger partial charge is 0.355 e. The first-order valence-corrected chi connectivity index (χ1v) is 10.4. The van der Waals surface area contributed by atoms with Crippen LogP contribution in [0.3, 0.4) is 0 Å². The lowest BCUT2D eigenvalue weighted by molar-refractivity contribution is 0.571. The molecule has 1 aromatic heterocycles. The second-order valence-electron chi connectivity index (χ2n) is 7.74. The highest BCUT2D eigenvalue weighted by molar-refractivity contribution is 7.98. The molecule has 0 N–H and O–H groups in total. The number of nitriles is 1. The van der Waals surface area contributed by atoms with Crippen LogP contribution in [-0.2, 0) is 5.41 Å². The highest BCUT2D eigenvalue weighted by Gasteiger charge is 2.22. The van der Waals surface area contributed by atoms with Crippen LogP contribution in [0.1, 0.15) is 51.2 Å². The van der Waals surface area contributed by atoms with Crippen LogP contribution in [-0.4, -0.2) is 29.3 Å². The summed E-state index contributed by atoms with van der Waals surface area (Å²) in [6.45, 7) is 8.53. The molecule has 136 valence electrons. The van der Waals surface area contributed by atoms with Crippen LogP contribution in [0.25, 0.3) is 11.3 Å². The van der Waals surface area contributed by atoms with Gasteiger partial charge in [-0.1, -0.05) is 56.8 Å². The molecule has 1 aliphatic rings. The molecule has 4 nitrogen and oxygen atoms in total. The minimum atomic E-state index is 0.103. The van der Waals surface area contributed by atoms with E-state index >= 15 is 0 Å². The maximum absolute atomic E-state index is 9.88. The summed E-state index contributed by atoms with van der Waals surface area (Å²) >= 11 is 1.52. The first-order valence-electron chi connectivity index (χ1n) is 9.16. The molecule has 0 amide bonds. The Bertz CT molecular complexity index is 810. The normalized spacial score (nSPS) is 15.0. The average Bonchev–Trinajstić information content (AvgIpc) is 2.67. The van der Waals surface area contributed by atoms with E-state index in [-0.39, 0.29) is 5.41 Å². The second kappa shape index (κ2) is 7.67. The van der Waals surface area contributed by atoms with E-state index in [1.165, 1.54) is 23.7 Å². The van der Waals surface area contributed by atoms with Gasteiger partial charge in [0.05, 0.1) is 5.69 Å². The van der Waals surface area contributed by atoms with Gasteiger partial charge in [0.15, 0.2) is 11.0 Å². The summed E-state index contributed by atoms with van der Waals surface area (Å²) in [5, 5.41) is 10.6. The predicted octanol–water partition coefficient (Wildman–Crippen LogP) is 5.02. The van der Waals surface area contributed by atoms with Crippen LogP contribution in [0.15, 0.2) is 29.4 Å². The highest BCUT2D eigenvalue weighted by atomic mass is 32.2. The molecule has 2 heterocycles. The molecule has 26 heavy (non-hydrogen) atoms. The summed E-state index contributed by atoms with van der Waals surface area (Å²) in [5.41, 5.74) is 3.69. The molecule has 0 aliphatic carbocycles. The van der Waals surface area contributed by atoms with Crippen LogP contribution in [0, 0.1) is 11.3 Å². The fourth-order valence-corrected chi connectivity index (χ4v) is 3.66. The van der Waals surface area contributed by atoms with Crippen LogP contribution in [0.5, 0.6) is 0 Å². The number of rotatable bonds is 3. The number of aromatic nitrogens is 2. The van der Waals surface area contributed by atoms with E-state index in [4.69, 9.17) is 0 Å². The topological polar surface area (TPSA) is 52.8 Å². The van der Waals surface area contributed by atoms with Gasteiger partial charge >= 0.3 is 0 Å². The molecule has 0 bridgehead atoms. The van der Waals surface area contributed by atoms with Crippen molar-refractivity contribution in [2.24, 2.45) is 0 Å². The Balaban J connectivity index is 2.10. The minimum absolute atomic E-state index is 0.103. The van der Waals surface area contributed by atoms with E-state index < -0.39 is 0 Å². The van der Waals surface area contributed by atoms with Crippen molar-refractivity contribution in [1.82, 2.24) is 9.97 Å². The van der Waals surface area contributed by atoms with Crippen molar-refractivity contribution >= 4 is 17.6 Å². The average molecular weight is 367 g/mol. The Morgan fingerprint density at radius 1 is 1.04 bits per heavy atom. The van der Waals surface area contributed by atoms with Crippen molar-refractivity contribution in [3.05, 3.63) is 35.4 Å². The first kappa shape index (κ1) is 18.7. The quantitative estimate of drug-likeness (QED) is 0.563. The van der Waals surface area contributed by atoms with Crippen LogP contribution in [0.2, 0.25) is 0 Å². The van der Waals surface area contributed by atoms with Crippen LogP contribution < -0.4 is 4.90 Å². The lowest BCUT2D eigenvalue weighted by Crippen LogP contribution is -2.31. The van der Waals surface area contributed by atoms with Gasteiger partial charge in [-0.25, -0.2) is 9.97 Å². The summed E-state index contributed by atoms with van der Waals surface area (Å²) in [6, 6.07) is 10.8. The lowest BCUT2D eigenvalue weighted by atomic mass is 9.86. The predicted molar refractivity (Wildman–Crippen MR) is 109 cm³/mol. The van der Waals surface area contributed by atoms with Gasteiger partial charge in [-0.05, 0) is 36.5 Å². The number of hydrogen-bond donors (Lipinski definition) is 0. The molecule has 1 fully saturated rings. The van der Waals surface area contributed by atoms with E-state index in [0.717, 1.165) is 48.2 Å². The van der Waals surface area contributed by atoms with E-state index in [2.05, 4.69) is 66.0 Å². The SMILES string of the molecule is CSc1nc(-c2ccc(C(C)(C)C)cc2)c(C#N)c(N2CCCCC2)n1. The van der Waals surface area contributed by atoms with Crippen molar-refractivity contribution in [2.75, 3.05) is 24.2 Å². The van der Waals surface area contributed by atoms with E-state index in [0.29, 0.717) is 5.56 Å². The third kappa shape index (κ3) is 3.86. The lowest BCUT2D eigenvalue weighted by Gasteiger charge is -2.29. The highest BCUT2D eigenvalue weighted by Crippen LogP contribution is 2.33. The Hall–Kier alpha value is -2.06. The number of piperidine rings is 1. The van der Waals surface area contributed by atoms with E-state index in [1.807, 2.05) is 6.26 Å². The molecule has 0 saturated carbocycles. The van der Waals surface area contributed by atoms with E-state index in [9.17, 15) is 5.26 Å². The standard InChI is InChI=1S/C21H26N4S/c1-21(2,3)16-10-8-15(9-11-16)18-17(14-22)19(24-20(23-18)26-4)25-12-6-5-7-13-25/h8-11H,5-7,12-13H2,1-4H3. The molecule has 1 saturated heterocycles. The van der Waals surface area contributed by atoms with Gasteiger partial charge in [-0.3, -0.25) is 0 Å². The minimum Gasteiger partial charge on any atom is -0.355 e. The molecular formula is C21H26N4S.